The third kappa shape index (κ3) is 3.45. The van der Waals surface area contributed by atoms with E-state index in [4.69, 9.17) is 5.26 Å². The van der Waals surface area contributed by atoms with Crippen molar-refractivity contribution < 1.29 is 4.79 Å². The number of amides is 1. The van der Waals surface area contributed by atoms with E-state index in [-0.39, 0.29) is 12.5 Å². The minimum Gasteiger partial charge on any atom is -0.333 e. The fraction of sp³-hybridized carbons (Fsp3) is 0.136. The van der Waals surface area contributed by atoms with Crippen molar-refractivity contribution in [3.05, 3.63) is 70.3 Å². The van der Waals surface area contributed by atoms with Crippen LogP contribution in [0.3, 0.4) is 0 Å². The van der Waals surface area contributed by atoms with Gasteiger partial charge in [0.1, 0.15) is 6.54 Å². The molecule has 0 saturated carbocycles. The predicted molar refractivity (Wildman–Crippen MR) is 114 cm³/mol. The number of nitrogens with zero attached hydrogens (tertiary/aromatic N) is 3. The molecule has 0 radical (unpaired) electrons. The number of carbonyl (C=O) groups excluding carboxylic acids is 1. The second-order valence-corrected chi connectivity index (χ2v) is 7.67. The molecule has 0 aliphatic carbocycles. The van der Waals surface area contributed by atoms with Gasteiger partial charge >= 0.3 is 0 Å². The smallest absolute Gasteiger partial charge is 0.264 e. The van der Waals surface area contributed by atoms with Gasteiger partial charge in [-0.2, -0.15) is 5.26 Å². The number of thioether (sulfide) groups is 1. The van der Waals surface area contributed by atoms with Crippen molar-refractivity contribution in [3.8, 4) is 6.07 Å². The van der Waals surface area contributed by atoms with Crippen LogP contribution in [0.4, 0.5) is 5.69 Å². The van der Waals surface area contributed by atoms with Gasteiger partial charge < -0.3 is 9.88 Å². The molecule has 0 spiro atoms. The highest BCUT2D eigenvalue weighted by atomic mass is 32.2. The molecule has 1 amide bonds. The van der Waals surface area contributed by atoms with Gasteiger partial charge in [0, 0.05) is 22.7 Å². The number of amidine groups is 1. The summed E-state index contributed by atoms with van der Waals surface area (Å²) in [4.78, 5) is 17.6. The van der Waals surface area contributed by atoms with Crippen LogP contribution in [-0.2, 0) is 11.3 Å². The van der Waals surface area contributed by atoms with E-state index in [1.54, 1.807) is 0 Å². The Labute approximate surface area is 167 Å². The Morgan fingerprint density at radius 3 is 2.82 bits per heavy atom. The number of aliphatic imine (C=N–C) groups is 1. The molecule has 1 N–H and O–H groups in total. The average Bonchev–Trinajstić information content (AvgIpc) is 3.20. The van der Waals surface area contributed by atoms with E-state index in [0.29, 0.717) is 10.1 Å². The fourth-order valence-corrected chi connectivity index (χ4v) is 3.96. The maximum Gasteiger partial charge on any atom is 0.264 e. The van der Waals surface area contributed by atoms with E-state index in [2.05, 4.69) is 23.3 Å². The SMILES string of the molecule is Cc1ccc(N=C2NC(=O)/C(=C/c3cn(CC#N)c4ccccc34)S2)cc1C. The lowest BCUT2D eigenvalue weighted by Crippen LogP contribution is -2.19. The highest BCUT2D eigenvalue weighted by Crippen LogP contribution is 2.31. The van der Waals surface area contributed by atoms with Gasteiger partial charge in [0.05, 0.1) is 16.7 Å². The standard InChI is InChI=1S/C22H18N4OS/c1-14-7-8-17(11-15(14)2)24-22-25-21(27)20(28-22)12-16-13-26(10-9-23)19-6-4-3-5-18(16)19/h3-8,11-13H,10H2,1-2H3,(H,24,25,27)/b20-12-. The molecule has 2 heterocycles. The zero-order chi connectivity index (χ0) is 19.7. The van der Waals surface area contributed by atoms with Crippen LogP contribution in [0.5, 0.6) is 0 Å². The van der Waals surface area contributed by atoms with Crippen molar-refractivity contribution in [3.63, 3.8) is 0 Å². The number of aromatic nitrogens is 1. The second kappa shape index (κ2) is 7.37. The lowest BCUT2D eigenvalue weighted by molar-refractivity contribution is -0.115. The summed E-state index contributed by atoms with van der Waals surface area (Å²) >= 11 is 1.33. The summed E-state index contributed by atoms with van der Waals surface area (Å²) in [6.07, 6.45) is 3.77. The minimum atomic E-state index is -0.162. The summed E-state index contributed by atoms with van der Waals surface area (Å²) in [5.41, 5.74) is 5.08. The van der Waals surface area contributed by atoms with Crippen molar-refractivity contribution >= 4 is 45.5 Å². The highest BCUT2D eigenvalue weighted by Gasteiger charge is 2.24. The molecule has 0 atom stereocenters. The molecule has 1 saturated heterocycles. The van der Waals surface area contributed by atoms with Crippen molar-refractivity contribution in [2.45, 2.75) is 20.4 Å². The number of nitriles is 1. The molecule has 1 aliphatic heterocycles. The van der Waals surface area contributed by atoms with E-state index in [9.17, 15) is 4.79 Å². The van der Waals surface area contributed by atoms with E-state index >= 15 is 0 Å². The van der Waals surface area contributed by atoms with Gasteiger partial charge in [-0.05, 0) is 61.0 Å². The maximum atomic E-state index is 12.4. The maximum absolute atomic E-state index is 12.4. The van der Waals surface area contributed by atoms with Gasteiger partial charge in [-0.25, -0.2) is 4.99 Å². The molecular weight excluding hydrogens is 368 g/mol. The van der Waals surface area contributed by atoms with Gasteiger partial charge in [-0.15, -0.1) is 0 Å². The molecule has 0 bridgehead atoms. The Kier molecular flexibility index (Phi) is 4.76. The lowest BCUT2D eigenvalue weighted by Gasteiger charge is -2.01. The first kappa shape index (κ1) is 18.1. The van der Waals surface area contributed by atoms with Gasteiger partial charge in [0.2, 0.25) is 0 Å². The zero-order valence-corrected chi connectivity index (χ0v) is 16.4. The summed E-state index contributed by atoms with van der Waals surface area (Å²) in [5.74, 6) is -0.162. The number of carbonyl (C=O) groups is 1. The van der Waals surface area contributed by atoms with Gasteiger partial charge in [-0.1, -0.05) is 24.3 Å². The lowest BCUT2D eigenvalue weighted by atomic mass is 10.1. The van der Waals surface area contributed by atoms with Crippen molar-refractivity contribution in [2.75, 3.05) is 0 Å². The largest absolute Gasteiger partial charge is 0.333 e. The van der Waals surface area contributed by atoms with Crippen LogP contribution in [0.1, 0.15) is 16.7 Å². The first-order chi connectivity index (χ1) is 13.5. The summed E-state index contributed by atoms with van der Waals surface area (Å²) in [5, 5.41) is 13.5. The molecule has 1 aliphatic rings. The fourth-order valence-electron chi connectivity index (χ4n) is 3.13. The number of aryl methyl sites for hydroxylation is 2. The number of fused-ring (bicyclic) bond motifs is 1. The van der Waals surface area contributed by atoms with E-state index in [0.717, 1.165) is 27.7 Å². The van der Waals surface area contributed by atoms with Crippen LogP contribution >= 0.6 is 11.8 Å². The summed E-state index contributed by atoms with van der Waals surface area (Å²) in [6.45, 7) is 4.37. The molecular formula is C22H18N4OS. The molecule has 0 unspecified atom stereocenters. The van der Waals surface area contributed by atoms with Crippen LogP contribution < -0.4 is 5.32 Å². The quantitative estimate of drug-likeness (QED) is 0.665. The van der Waals surface area contributed by atoms with Gasteiger partial charge in [0.25, 0.3) is 5.91 Å². The Balaban J connectivity index is 1.67. The van der Waals surface area contributed by atoms with Gasteiger partial charge in [0.15, 0.2) is 5.17 Å². The molecule has 1 fully saturated rings. The Morgan fingerprint density at radius 1 is 1.21 bits per heavy atom. The molecule has 28 heavy (non-hydrogen) atoms. The monoisotopic (exact) mass is 386 g/mol. The third-order valence-corrected chi connectivity index (χ3v) is 5.63. The number of hydrogen-bond donors (Lipinski definition) is 1. The summed E-state index contributed by atoms with van der Waals surface area (Å²) in [6, 6.07) is 16.0. The van der Waals surface area contributed by atoms with E-state index in [1.807, 2.05) is 66.2 Å². The Hall–Kier alpha value is -3.30. The number of nitrogens with one attached hydrogen (secondary N) is 1. The average molecular weight is 386 g/mol. The van der Waals surface area contributed by atoms with E-state index < -0.39 is 0 Å². The van der Waals surface area contributed by atoms with Crippen molar-refractivity contribution in [2.24, 2.45) is 4.99 Å². The number of benzene rings is 2. The Bertz CT molecular complexity index is 1200. The normalized spacial score (nSPS) is 16.7. The second-order valence-electron chi connectivity index (χ2n) is 6.64. The Morgan fingerprint density at radius 2 is 2.04 bits per heavy atom. The van der Waals surface area contributed by atoms with E-state index in [1.165, 1.54) is 17.3 Å². The first-order valence-electron chi connectivity index (χ1n) is 8.87. The molecule has 6 heteroatoms. The number of hydrogen-bond acceptors (Lipinski definition) is 4. The highest BCUT2D eigenvalue weighted by molar-refractivity contribution is 8.18. The first-order valence-corrected chi connectivity index (χ1v) is 9.68. The number of para-hydroxylation sites is 1. The third-order valence-electron chi connectivity index (χ3n) is 4.72. The van der Waals surface area contributed by atoms with Crippen LogP contribution in [-0.4, -0.2) is 15.6 Å². The van der Waals surface area contributed by atoms with Gasteiger partial charge in [-0.3, -0.25) is 4.79 Å². The topological polar surface area (TPSA) is 70.2 Å². The molecule has 138 valence electrons. The minimum absolute atomic E-state index is 0.162. The van der Waals surface area contributed by atoms with Crippen LogP contribution in [0.2, 0.25) is 0 Å². The molecule has 1 aromatic heterocycles. The van der Waals surface area contributed by atoms with Crippen LogP contribution in [0.25, 0.3) is 17.0 Å². The van der Waals surface area contributed by atoms with Crippen LogP contribution in [0, 0.1) is 25.2 Å². The number of rotatable bonds is 3. The summed E-state index contributed by atoms with van der Waals surface area (Å²) in [7, 11) is 0. The molecule has 2 aromatic carbocycles. The predicted octanol–water partition coefficient (Wildman–Crippen LogP) is 4.67. The zero-order valence-electron chi connectivity index (χ0n) is 15.6. The molecule has 4 rings (SSSR count). The van der Waals surface area contributed by atoms with Crippen molar-refractivity contribution in [1.29, 1.82) is 5.26 Å². The molecule has 3 aromatic rings. The van der Waals surface area contributed by atoms with Crippen LogP contribution in [0.15, 0.2) is 58.6 Å². The summed E-state index contributed by atoms with van der Waals surface area (Å²) < 4.78 is 1.89. The molecule has 5 nitrogen and oxygen atoms in total. The van der Waals surface area contributed by atoms with Crippen molar-refractivity contribution in [1.82, 2.24) is 9.88 Å².